The normalized spacial score (nSPS) is 25.0. The summed E-state index contributed by atoms with van der Waals surface area (Å²) in [7, 11) is -3.62. The summed E-state index contributed by atoms with van der Waals surface area (Å²) >= 11 is 3.22. The van der Waals surface area contributed by atoms with Crippen LogP contribution in [0, 0.1) is 0 Å². The minimum absolute atomic E-state index is 0.154. The summed E-state index contributed by atoms with van der Waals surface area (Å²) in [6.07, 6.45) is -0.400. The number of rotatable bonds is 2. The average molecular weight is 334 g/mol. The van der Waals surface area contributed by atoms with Crippen LogP contribution in [0.5, 0.6) is 0 Å². The first-order valence-corrected chi connectivity index (χ1v) is 7.68. The van der Waals surface area contributed by atoms with E-state index in [0.717, 1.165) is 0 Å². The Hall–Kier alpha value is -1.08. The third-order valence-corrected chi connectivity index (χ3v) is 5.78. The van der Waals surface area contributed by atoms with E-state index in [4.69, 9.17) is 5.11 Å². The molecule has 2 atom stereocenters. The summed E-state index contributed by atoms with van der Waals surface area (Å²) in [6.45, 7) is 1.68. The smallest absolute Gasteiger partial charge is 0.304 e. The minimum Gasteiger partial charge on any atom is -0.481 e. The van der Waals surface area contributed by atoms with Crippen molar-refractivity contribution in [2.24, 2.45) is 0 Å². The minimum atomic E-state index is -3.62. The number of carboxylic acids is 1. The van der Waals surface area contributed by atoms with Crippen molar-refractivity contribution in [2.75, 3.05) is 5.32 Å². The van der Waals surface area contributed by atoms with E-state index in [9.17, 15) is 13.2 Å². The standard InChI is InChI=1S/C11H12BrNO4S/c1-6-9(5-11(14)15)18(16,17)10-4-7(12)2-3-8(10)13-6/h2-4,6,9,13H,5H2,1H3,(H,14,15). The molecule has 18 heavy (non-hydrogen) atoms. The molecule has 0 aliphatic carbocycles. The molecule has 0 spiro atoms. The number of carboxylic acid groups (broad SMARTS) is 1. The van der Waals surface area contributed by atoms with Crippen molar-refractivity contribution in [3.63, 3.8) is 0 Å². The van der Waals surface area contributed by atoms with Crippen molar-refractivity contribution < 1.29 is 18.3 Å². The molecule has 2 rings (SSSR count). The maximum absolute atomic E-state index is 12.4. The summed E-state index contributed by atoms with van der Waals surface area (Å²) in [5.74, 6) is -1.12. The zero-order chi connectivity index (χ0) is 13.5. The molecule has 0 fully saturated rings. The average Bonchev–Trinajstić information content (AvgIpc) is 2.26. The number of sulfone groups is 1. The van der Waals surface area contributed by atoms with Gasteiger partial charge in [-0.1, -0.05) is 15.9 Å². The molecule has 98 valence electrons. The molecule has 0 bridgehead atoms. The highest BCUT2D eigenvalue weighted by atomic mass is 79.9. The lowest BCUT2D eigenvalue weighted by Crippen LogP contribution is -2.43. The van der Waals surface area contributed by atoms with Crippen LogP contribution in [-0.2, 0) is 14.6 Å². The maximum Gasteiger partial charge on any atom is 0.304 e. The fourth-order valence-corrected chi connectivity index (χ4v) is 4.61. The van der Waals surface area contributed by atoms with Crippen molar-refractivity contribution in [1.82, 2.24) is 0 Å². The van der Waals surface area contributed by atoms with Crippen LogP contribution in [0.4, 0.5) is 5.69 Å². The van der Waals surface area contributed by atoms with Crippen LogP contribution in [-0.4, -0.2) is 30.8 Å². The van der Waals surface area contributed by atoms with E-state index in [2.05, 4.69) is 21.2 Å². The molecule has 0 amide bonds. The Morgan fingerprint density at radius 2 is 2.17 bits per heavy atom. The van der Waals surface area contributed by atoms with E-state index in [0.29, 0.717) is 10.2 Å². The maximum atomic E-state index is 12.4. The second-order valence-corrected chi connectivity index (χ2v) is 7.31. The molecule has 2 unspecified atom stereocenters. The molecule has 1 aliphatic heterocycles. The number of anilines is 1. The van der Waals surface area contributed by atoms with Gasteiger partial charge in [-0.3, -0.25) is 4.79 Å². The lowest BCUT2D eigenvalue weighted by atomic mass is 10.1. The highest BCUT2D eigenvalue weighted by molar-refractivity contribution is 9.10. The lowest BCUT2D eigenvalue weighted by molar-refractivity contribution is -0.137. The van der Waals surface area contributed by atoms with Crippen LogP contribution in [0.2, 0.25) is 0 Å². The summed E-state index contributed by atoms with van der Waals surface area (Å²) in [5.41, 5.74) is 0.521. The van der Waals surface area contributed by atoms with Gasteiger partial charge in [-0.25, -0.2) is 8.42 Å². The van der Waals surface area contributed by atoms with Crippen LogP contribution < -0.4 is 5.32 Å². The number of carbonyl (C=O) groups is 1. The van der Waals surface area contributed by atoms with Gasteiger partial charge < -0.3 is 10.4 Å². The number of aliphatic carboxylic acids is 1. The molecule has 0 saturated heterocycles. The van der Waals surface area contributed by atoms with E-state index >= 15 is 0 Å². The van der Waals surface area contributed by atoms with Crippen LogP contribution in [0.15, 0.2) is 27.6 Å². The van der Waals surface area contributed by atoms with Crippen LogP contribution in [0.3, 0.4) is 0 Å². The first kappa shape index (κ1) is 13.4. The molecule has 7 heteroatoms. The Morgan fingerprint density at radius 3 is 2.78 bits per heavy atom. The number of hydrogen-bond donors (Lipinski definition) is 2. The van der Waals surface area contributed by atoms with Gasteiger partial charge in [0.25, 0.3) is 0 Å². The SMILES string of the molecule is CC1Nc2ccc(Br)cc2S(=O)(=O)C1CC(=O)O. The highest BCUT2D eigenvalue weighted by Crippen LogP contribution is 2.35. The third-order valence-electron chi connectivity index (χ3n) is 2.97. The van der Waals surface area contributed by atoms with Crippen molar-refractivity contribution in [1.29, 1.82) is 0 Å². The molecular weight excluding hydrogens is 322 g/mol. The molecule has 1 aliphatic rings. The third kappa shape index (κ3) is 2.24. The van der Waals surface area contributed by atoms with Gasteiger partial charge in [-0.05, 0) is 25.1 Å². The largest absolute Gasteiger partial charge is 0.481 e. The molecule has 2 N–H and O–H groups in total. The quantitative estimate of drug-likeness (QED) is 0.863. The van der Waals surface area contributed by atoms with Gasteiger partial charge in [0.05, 0.1) is 22.3 Å². The molecule has 1 heterocycles. The Bertz CT molecular complexity index is 599. The Labute approximate surface area is 113 Å². The number of nitrogens with one attached hydrogen (secondary N) is 1. The lowest BCUT2D eigenvalue weighted by Gasteiger charge is -2.31. The van der Waals surface area contributed by atoms with E-state index in [1.165, 1.54) is 6.07 Å². The fraction of sp³-hybridized carbons (Fsp3) is 0.364. The molecule has 1 aromatic rings. The van der Waals surface area contributed by atoms with Gasteiger partial charge in [-0.15, -0.1) is 0 Å². The molecule has 0 radical (unpaired) electrons. The topological polar surface area (TPSA) is 83.5 Å². The van der Waals surface area contributed by atoms with E-state index in [1.807, 2.05) is 0 Å². The number of hydrogen-bond acceptors (Lipinski definition) is 4. The van der Waals surface area contributed by atoms with Gasteiger partial charge >= 0.3 is 5.97 Å². The van der Waals surface area contributed by atoms with Crippen molar-refractivity contribution in [3.8, 4) is 0 Å². The van der Waals surface area contributed by atoms with E-state index < -0.39 is 33.5 Å². The van der Waals surface area contributed by atoms with Gasteiger partial charge in [0.1, 0.15) is 0 Å². The second kappa shape index (κ2) is 4.55. The van der Waals surface area contributed by atoms with E-state index in [-0.39, 0.29) is 4.90 Å². The molecule has 1 aromatic carbocycles. The Balaban J connectivity index is 2.55. The summed E-state index contributed by atoms with van der Waals surface area (Å²) in [4.78, 5) is 10.9. The van der Waals surface area contributed by atoms with Gasteiger partial charge in [0.15, 0.2) is 9.84 Å². The summed E-state index contributed by atoms with van der Waals surface area (Å²) in [5, 5.41) is 10.9. The van der Waals surface area contributed by atoms with Gasteiger partial charge in [0.2, 0.25) is 0 Å². The van der Waals surface area contributed by atoms with Crippen molar-refractivity contribution >= 4 is 37.4 Å². The van der Waals surface area contributed by atoms with Crippen LogP contribution in [0.1, 0.15) is 13.3 Å². The van der Waals surface area contributed by atoms with Crippen molar-refractivity contribution in [2.45, 2.75) is 29.5 Å². The van der Waals surface area contributed by atoms with E-state index in [1.54, 1.807) is 19.1 Å². The predicted molar refractivity (Wildman–Crippen MR) is 70.5 cm³/mol. The summed E-state index contributed by atoms with van der Waals surface area (Å²) in [6, 6.07) is 4.48. The fourth-order valence-electron chi connectivity index (χ4n) is 2.08. The summed E-state index contributed by atoms with van der Waals surface area (Å²) < 4.78 is 25.4. The number of halogens is 1. The monoisotopic (exact) mass is 333 g/mol. The first-order chi connectivity index (χ1) is 8.32. The Morgan fingerprint density at radius 1 is 1.50 bits per heavy atom. The highest BCUT2D eigenvalue weighted by Gasteiger charge is 2.39. The second-order valence-electron chi connectivity index (χ2n) is 4.25. The molecule has 0 saturated carbocycles. The molecule has 5 nitrogen and oxygen atoms in total. The molecule has 0 aromatic heterocycles. The molecular formula is C11H12BrNO4S. The predicted octanol–water partition coefficient (Wildman–Crippen LogP) is 1.88. The number of fused-ring (bicyclic) bond motifs is 1. The van der Waals surface area contributed by atoms with Gasteiger partial charge in [0, 0.05) is 10.5 Å². The number of benzene rings is 1. The van der Waals surface area contributed by atoms with Gasteiger partial charge in [-0.2, -0.15) is 0 Å². The van der Waals surface area contributed by atoms with Crippen molar-refractivity contribution in [3.05, 3.63) is 22.7 Å². The Kier molecular flexibility index (Phi) is 3.37. The van der Waals surface area contributed by atoms with Crippen LogP contribution in [0.25, 0.3) is 0 Å². The zero-order valence-corrected chi connectivity index (χ0v) is 12.0. The zero-order valence-electron chi connectivity index (χ0n) is 9.55. The van der Waals surface area contributed by atoms with Crippen LogP contribution >= 0.6 is 15.9 Å². The first-order valence-electron chi connectivity index (χ1n) is 5.34.